The van der Waals surface area contributed by atoms with Crippen molar-refractivity contribution in [1.29, 1.82) is 0 Å². The number of thiocarbonyl (C=S) groups is 1. The first-order valence-electron chi connectivity index (χ1n) is 6.72. The molecule has 1 saturated heterocycles. The lowest BCUT2D eigenvalue weighted by Gasteiger charge is -2.26. The molecule has 1 aliphatic rings. The lowest BCUT2D eigenvalue weighted by Crippen LogP contribution is -2.38. The van der Waals surface area contributed by atoms with Crippen LogP contribution in [0, 0.1) is 0 Å². The molecule has 21 heavy (non-hydrogen) atoms. The van der Waals surface area contributed by atoms with Gasteiger partial charge in [0.15, 0.2) is 11.5 Å². The van der Waals surface area contributed by atoms with Crippen molar-refractivity contribution in [2.24, 2.45) is 5.73 Å². The molecule has 0 spiro atoms. The quantitative estimate of drug-likeness (QED) is 0.766. The highest BCUT2D eigenvalue weighted by atomic mass is 79.9. The van der Waals surface area contributed by atoms with Gasteiger partial charge in [-0.2, -0.15) is 0 Å². The van der Waals surface area contributed by atoms with E-state index in [1.54, 1.807) is 7.11 Å². The highest BCUT2D eigenvalue weighted by molar-refractivity contribution is 9.10. The topological polar surface area (TPSA) is 57.0 Å². The number of benzene rings is 1. The summed E-state index contributed by atoms with van der Waals surface area (Å²) in [7, 11) is 1.60. The van der Waals surface area contributed by atoms with Gasteiger partial charge < -0.3 is 19.9 Å². The summed E-state index contributed by atoms with van der Waals surface area (Å²) in [5.74, 6) is 1.22. The molecule has 2 N–H and O–H groups in total. The molecule has 0 radical (unpaired) electrons. The molecule has 116 valence electrons. The fourth-order valence-corrected chi connectivity index (χ4v) is 2.74. The van der Waals surface area contributed by atoms with Crippen LogP contribution in [0.25, 0.3) is 0 Å². The second-order valence-electron chi connectivity index (χ2n) is 4.65. The number of morpholine rings is 1. The molecule has 5 nitrogen and oxygen atoms in total. The fourth-order valence-electron chi connectivity index (χ4n) is 2.15. The molecule has 1 aliphatic heterocycles. The van der Waals surface area contributed by atoms with Crippen LogP contribution in [0.2, 0.25) is 0 Å². The minimum absolute atomic E-state index is 0.288. The van der Waals surface area contributed by atoms with E-state index in [-0.39, 0.29) is 4.99 Å². The third-order valence-electron chi connectivity index (χ3n) is 3.26. The summed E-state index contributed by atoms with van der Waals surface area (Å²) in [6.07, 6.45) is 0. The molecule has 1 aromatic rings. The van der Waals surface area contributed by atoms with Gasteiger partial charge in [-0.05, 0) is 12.1 Å². The van der Waals surface area contributed by atoms with E-state index in [9.17, 15) is 0 Å². The van der Waals surface area contributed by atoms with E-state index in [1.165, 1.54) is 0 Å². The summed E-state index contributed by atoms with van der Waals surface area (Å²) >= 11 is 8.50. The Morgan fingerprint density at radius 2 is 2.14 bits per heavy atom. The standard InChI is InChI=1S/C14H19BrN2O3S/c1-18-12-9-10(15)8-11(14(16)21)13(12)20-7-4-17-2-5-19-6-3-17/h8-9H,2-7H2,1H3,(H2,16,21). The molecule has 0 amide bonds. The van der Waals surface area contributed by atoms with Gasteiger partial charge >= 0.3 is 0 Å². The van der Waals surface area contributed by atoms with E-state index in [2.05, 4.69) is 20.8 Å². The van der Waals surface area contributed by atoms with Crippen LogP contribution < -0.4 is 15.2 Å². The van der Waals surface area contributed by atoms with Crippen LogP contribution in [0.4, 0.5) is 0 Å². The van der Waals surface area contributed by atoms with Gasteiger partial charge in [0, 0.05) is 24.1 Å². The van der Waals surface area contributed by atoms with Crippen LogP contribution in [-0.4, -0.2) is 56.5 Å². The molecule has 0 unspecified atom stereocenters. The summed E-state index contributed by atoms with van der Waals surface area (Å²) in [5.41, 5.74) is 6.45. The average molecular weight is 375 g/mol. The molecular formula is C14H19BrN2O3S. The number of methoxy groups -OCH3 is 1. The number of rotatable bonds is 6. The summed E-state index contributed by atoms with van der Waals surface area (Å²) in [6, 6.07) is 3.68. The van der Waals surface area contributed by atoms with Gasteiger partial charge in [-0.15, -0.1) is 0 Å². The maximum atomic E-state index is 5.88. The van der Waals surface area contributed by atoms with Crippen LogP contribution >= 0.6 is 28.1 Å². The largest absolute Gasteiger partial charge is 0.493 e. The number of hydrogen-bond acceptors (Lipinski definition) is 5. The van der Waals surface area contributed by atoms with Gasteiger partial charge in [0.05, 0.1) is 25.9 Å². The Labute approximate surface area is 138 Å². The van der Waals surface area contributed by atoms with E-state index in [4.69, 9.17) is 32.2 Å². The highest BCUT2D eigenvalue weighted by Gasteiger charge is 2.16. The lowest BCUT2D eigenvalue weighted by molar-refractivity contribution is 0.0321. The fraction of sp³-hybridized carbons (Fsp3) is 0.500. The van der Waals surface area contributed by atoms with Gasteiger partial charge in [-0.1, -0.05) is 28.1 Å². The summed E-state index contributed by atoms with van der Waals surface area (Å²) in [6.45, 7) is 4.80. The minimum Gasteiger partial charge on any atom is -0.493 e. The summed E-state index contributed by atoms with van der Waals surface area (Å²) < 4.78 is 17.4. The average Bonchev–Trinajstić information content (AvgIpc) is 2.49. The van der Waals surface area contributed by atoms with Crippen LogP contribution in [0.5, 0.6) is 11.5 Å². The van der Waals surface area contributed by atoms with Crippen molar-refractivity contribution in [3.8, 4) is 11.5 Å². The van der Waals surface area contributed by atoms with Crippen LogP contribution in [0.1, 0.15) is 5.56 Å². The third kappa shape index (κ3) is 4.54. The number of ether oxygens (including phenoxy) is 3. The monoisotopic (exact) mass is 374 g/mol. The zero-order chi connectivity index (χ0) is 15.2. The van der Waals surface area contributed by atoms with E-state index >= 15 is 0 Å². The Balaban J connectivity index is 2.05. The Hall–Kier alpha value is -0.890. The van der Waals surface area contributed by atoms with Crippen molar-refractivity contribution in [2.75, 3.05) is 46.6 Å². The SMILES string of the molecule is COc1cc(Br)cc(C(N)=S)c1OCCN1CCOCC1. The molecule has 0 aliphatic carbocycles. The molecule has 7 heteroatoms. The Kier molecular flexibility index (Phi) is 6.22. The van der Waals surface area contributed by atoms with Gasteiger partial charge in [-0.25, -0.2) is 0 Å². The zero-order valence-corrected chi connectivity index (χ0v) is 14.3. The van der Waals surface area contributed by atoms with Crippen molar-refractivity contribution in [3.63, 3.8) is 0 Å². The normalized spacial score (nSPS) is 15.7. The third-order valence-corrected chi connectivity index (χ3v) is 3.94. The number of hydrogen-bond donors (Lipinski definition) is 1. The number of nitrogens with zero attached hydrogens (tertiary/aromatic N) is 1. The predicted octanol–water partition coefficient (Wildman–Crippen LogP) is 1.80. The van der Waals surface area contributed by atoms with E-state index in [0.717, 1.165) is 37.3 Å². The van der Waals surface area contributed by atoms with Crippen LogP contribution in [0.15, 0.2) is 16.6 Å². The first kappa shape index (κ1) is 16.5. The van der Waals surface area contributed by atoms with E-state index < -0.39 is 0 Å². The smallest absolute Gasteiger partial charge is 0.171 e. The highest BCUT2D eigenvalue weighted by Crippen LogP contribution is 2.34. The van der Waals surface area contributed by atoms with Crippen molar-refractivity contribution >= 4 is 33.1 Å². The van der Waals surface area contributed by atoms with Crippen LogP contribution in [-0.2, 0) is 4.74 Å². The van der Waals surface area contributed by atoms with E-state index in [0.29, 0.717) is 23.7 Å². The van der Waals surface area contributed by atoms with Crippen molar-refractivity contribution in [1.82, 2.24) is 4.90 Å². The molecule has 0 bridgehead atoms. The van der Waals surface area contributed by atoms with Gasteiger partial charge in [0.2, 0.25) is 0 Å². The molecule has 1 aromatic carbocycles. The number of nitrogens with two attached hydrogens (primary N) is 1. The number of halogens is 1. The summed E-state index contributed by atoms with van der Waals surface area (Å²) in [4.78, 5) is 2.59. The molecular weight excluding hydrogens is 356 g/mol. The first-order chi connectivity index (χ1) is 10.1. The molecule has 1 heterocycles. The summed E-state index contributed by atoms with van der Waals surface area (Å²) in [5, 5.41) is 0. The predicted molar refractivity (Wildman–Crippen MR) is 89.3 cm³/mol. The maximum absolute atomic E-state index is 5.88. The lowest BCUT2D eigenvalue weighted by atomic mass is 10.2. The van der Waals surface area contributed by atoms with Crippen molar-refractivity contribution < 1.29 is 14.2 Å². The van der Waals surface area contributed by atoms with Gasteiger partial charge in [0.25, 0.3) is 0 Å². The minimum atomic E-state index is 0.288. The molecule has 2 rings (SSSR count). The zero-order valence-electron chi connectivity index (χ0n) is 11.9. The van der Waals surface area contributed by atoms with Gasteiger partial charge in [0.1, 0.15) is 11.6 Å². The van der Waals surface area contributed by atoms with Crippen molar-refractivity contribution in [2.45, 2.75) is 0 Å². The Bertz CT molecular complexity index is 507. The van der Waals surface area contributed by atoms with Crippen molar-refractivity contribution in [3.05, 3.63) is 22.2 Å². The maximum Gasteiger partial charge on any atom is 0.171 e. The Morgan fingerprint density at radius 3 is 2.76 bits per heavy atom. The van der Waals surface area contributed by atoms with Crippen LogP contribution in [0.3, 0.4) is 0 Å². The van der Waals surface area contributed by atoms with Gasteiger partial charge in [-0.3, -0.25) is 4.90 Å². The molecule has 1 fully saturated rings. The molecule has 0 aromatic heterocycles. The Morgan fingerprint density at radius 1 is 1.43 bits per heavy atom. The first-order valence-corrected chi connectivity index (χ1v) is 7.92. The second kappa shape index (κ2) is 7.93. The second-order valence-corrected chi connectivity index (χ2v) is 6.01. The molecule has 0 atom stereocenters. The van der Waals surface area contributed by atoms with E-state index in [1.807, 2.05) is 12.1 Å². The molecule has 0 saturated carbocycles.